The molecule has 226 valence electrons. The zero-order valence-corrected chi connectivity index (χ0v) is 27.2. The Balaban J connectivity index is 1.29. The van der Waals surface area contributed by atoms with E-state index >= 15 is 0 Å². The predicted octanol–water partition coefficient (Wildman–Crippen LogP) is 6.29. The molecule has 0 spiro atoms. The third-order valence-electron chi connectivity index (χ3n) is 6.40. The summed E-state index contributed by atoms with van der Waals surface area (Å²) in [5, 5.41) is 4.11. The first-order valence-electron chi connectivity index (χ1n) is 13.1. The molecule has 13 heteroatoms. The molecule has 1 fully saturated rings. The number of hydrogen-bond acceptors (Lipinski definition) is 9. The third kappa shape index (κ3) is 7.00. The largest absolute Gasteiger partial charge is 0.493 e. The molecule has 44 heavy (non-hydrogen) atoms. The van der Waals surface area contributed by atoms with E-state index in [0.717, 1.165) is 27.4 Å². The van der Waals surface area contributed by atoms with Crippen molar-refractivity contribution in [3.8, 4) is 17.2 Å². The quantitative estimate of drug-likeness (QED) is 0.113. The number of amides is 3. The number of carbonyl (C=O) groups is 3. The van der Waals surface area contributed by atoms with Crippen LogP contribution in [0.25, 0.3) is 16.8 Å². The van der Waals surface area contributed by atoms with Crippen molar-refractivity contribution < 1.29 is 36.5 Å². The zero-order valence-electron chi connectivity index (χ0n) is 23.4. The van der Waals surface area contributed by atoms with Crippen LogP contribution in [0.1, 0.15) is 12.5 Å². The maximum Gasteiger partial charge on any atom is 0.339 e. The number of anilines is 1. The number of ether oxygens (including phenoxy) is 2. The highest BCUT2D eigenvalue weighted by Crippen LogP contribution is 2.38. The number of benzene rings is 4. The Morgan fingerprint density at radius 3 is 2.45 bits per heavy atom. The molecule has 0 aliphatic carbocycles. The van der Waals surface area contributed by atoms with Crippen LogP contribution in [0.5, 0.6) is 17.2 Å². The van der Waals surface area contributed by atoms with E-state index in [-0.39, 0.29) is 40.4 Å². The van der Waals surface area contributed by atoms with Crippen molar-refractivity contribution in [1.29, 1.82) is 0 Å². The summed E-state index contributed by atoms with van der Waals surface area (Å²) < 4.78 is 43.1. The Morgan fingerprint density at radius 2 is 1.73 bits per heavy atom. The smallest absolute Gasteiger partial charge is 0.339 e. The Morgan fingerprint density at radius 1 is 1.00 bits per heavy atom. The third-order valence-corrected chi connectivity index (χ3v) is 9.35. The van der Waals surface area contributed by atoms with Crippen LogP contribution in [0.4, 0.5) is 10.5 Å². The second kappa shape index (κ2) is 13.3. The van der Waals surface area contributed by atoms with Gasteiger partial charge in [-0.15, -0.1) is 0 Å². The molecule has 4 aromatic rings. The number of nitrogens with one attached hydrogen (secondary N) is 1. The molecule has 1 heterocycles. The van der Waals surface area contributed by atoms with Gasteiger partial charge in [-0.2, -0.15) is 8.42 Å². The lowest BCUT2D eigenvalue weighted by atomic mass is 10.1. The average molecular weight is 745 g/mol. The number of imide groups is 1. The Kier molecular flexibility index (Phi) is 9.46. The van der Waals surface area contributed by atoms with Gasteiger partial charge in [-0.1, -0.05) is 36.4 Å². The number of rotatable bonds is 10. The number of fused-ring (bicyclic) bond motifs is 1. The van der Waals surface area contributed by atoms with Crippen LogP contribution in [0.15, 0.2) is 88.7 Å². The molecular weight excluding hydrogens is 719 g/mol. The molecule has 0 atom stereocenters. The number of methoxy groups -OCH3 is 1. The SMILES string of the molecule is COc1cc(/C=C2\SC(=O)N(CCOc3cccc4ccccc34)C2=O)cc(I)c1OS(=O)(=O)c1ccc(NC(C)=O)cc1. The highest BCUT2D eigenvalue weighted by molar-refractivity contribution is 14.1. The van der Waals surface area contributed by atoms with E-state index < -0.39 is 21.3 Å². The molecule has 1 aliphatic heterocycles. The second-order valence-corrected chi connectivity index (χ2v) is 13.1. The molecule has 1 N–H and O–H groups in total. The first-order chi connectivity index (χ1) is 21.1. The van der Waals surface area contributed by atoms with Gasteiger partial charge in [0.05, 0.1) is 22.1 Å². The van der Waals surface area contributed by atoms with Crippen LogP contribution in [0.3, 0.4) is 0 Å². The molecular formula is C31H25IN2O8S2. The lowest BCUT2D eigenvalue weighted by Crippen LogP contribution is -2.32. The molecule has 5 rings (SSSR count). The van der Waals surface area contributed by atoms with E-state index in [1.54, 1.807) is 12.1 Å². The summed E-state index contributed by atoms with van der Waals surface area (Å²) in [4.78, 5) is 38.3. The summed E-state index contributed by atoms with van der Waals surface area (Å²) in [6.45, 7) is 1.55. The monoisotopic (exact) mass is 744 g/mol. The van der Waals surface area contributed by atoms with E-state index in [9.17, 15) is 22.8 Å². The van der Waals surface area contributed by atoms with Gasteiger partial charge >= 0.3 is 10.1 Å². The summed E-state index contributed by atoms with van der Waals surface area (Å²) in [5.41, 5.74) is 0.947. The van der Waals surface area contributed by atoms with Crippen molar-refractivity contribution in [1.82, 2.24) is 4.90 Å². The van der Waals surface area contributed by atoms with Gasteiger partial charge in [0.15, 0.2) is 11.5 Å². The van der Waals surface area contributed by atoms with E-state index in [1.807, 2.05) is 65.1 Å². The molecule has 0 bridgehead atoms. The zero-order chi connectivity index (χ0) is 31.4. The van der Waals surface area contributed by atoms with Crippen molar-refractivity contribution in [2.75, 3.05) is 25.6 Å². The first-order valence-corrected chi connectivity index (χ1v) is 16.4. The van der Waals surface area contributed by atoms with E-state index in [0.29, 0.717) is 20.6 Å². The van der Waals surface area contributed by atoms with Crippen LogP contribution >= 0.6 is 34.4 Å². The van der Waals surface area contributed by atoms with E-state index in [2.05, 4.69) is 5.32 Å². The van der Waals surface area contributed by atoms with Gasteiger partial charge in [0, 0.05) is 18.0 Å². The van der Waals surface area contributed by atoms with E-state index in [4.69, 9.17) is 13.7 Å². The maximum absolute atomic E-state index is 13.1. The minimum atomic E-state index is -4.25. The van der Waals surface area contributed by atoms with Crippen molar-refractivity contribution >= 4 is 84.1 Å². The normalized spacial score (nSPS) is 14.2. The Hall–Kier alpha value is -4.08. The van der Waals surface area contributed by atoms with Crippen LogP contribution < -0.4 is 19.0 Å². The molecule has 1 aliphatic rings. The Bertz CT molecular complexity index is 1900. The summed E-state index contributed by atoms with van der Waals surface area (Å²) in [6, 6.07) is 22.2. The minimum Gasteiger partial charge on any atom is -0.493 e. The summed E-state index contributed by atoms with van der Waals surface area (Å²) in [6.07, 6.45) is 1.54. The van der Waals surface area contributed by atoms with Crippen LogP contribution in [-0.4, -0.2) is 50.6 Å². The van der Waals surface area contributed by atoms with Crippen molar-refractivity contribution in [3.05, 3.63) is 92.9 Å². The molecule has 10 nitrogen and oxygen atoms in total. The fraction of sp³-hybridized carbons (Fsp3) is 0.129. The van der Waals surface area contributed by atoms with Crippen LogP contribution in [0, 0.1) is 3.57 Å². The van der Waals surface area contributed by atoms with Gasteiger partial charge in [0.2, 0.25) is 5.91 Å². The van der Waals surface area contributed by atoms with Gasteiger partial charge in [0.25, 0.3) is 11.1 Å². The first kappa shape index (κ1) is 31.3. The molecule has 3 amide bonds. The number of halogens is 1. The van der Waals surface area contributed by atoms with E-state index in [1.165, 1.54) is 44.4 Å². The Labute approximate surface area is 271 Å². The number of nitrogens with zero attached hydrogens (tertiary/aromatic N) is 1. The number of hydrogen-bond donors (Lipinski definition) is 1. The molecule has 4 aromatic carbocycles. The van der Waals surface area contributed by atoms with Crippen LogP contribution in [-0.2, 0) is 19.7 Å². The summed E-state index contributed by atoms with van der Waals surface area (Å²) in [5.74, 6) is 0.00536. The lowest BCUT2D eigenvalue weighted by Gasteiger charge is -2.14. The van der Waals surface area contributed by atoms with Crippen molar-refractivity contribution in [3.63, 3.8) is 0 Å². The minimum absolute atomic E-state index is 0.0325. The van der Waals surface area contributed by atoms with Gasteiger partial charge in [-0.3, -0.25) is 19.3 Å². The van der Waals surface area contributed by atoms with Crippen molar-refractivity contribution in [2.45, 2.75) is 11.8 Å². The lowest BCUT2D eigenvalue weighted by molar-refractivity contribution is -0.123. The standard InChI is InChI=1S/C31H25IN2O8S2/c1-19(35)33-22-10-12-23(13-11-22)44(38,39)42-29-25(32)16-20(17-27(29)40-2)18-28-30(36)34(31(37)43-28)14-15-41-26-9-5-7-21-6-3-4-8-24(21)26/h3-13,16-18H,14-15H2,1-2H3,(H,33,35)/b28-18-. The molecule has 0 saturated carbocycles. The van der Waals surface area contributed by atoms with Gasteiger partial charge in [-0.25, -0.2) is 0 Å². The van der Waals surface area contributed by atoms with Crippen LogP contribution in [0.2, 0.25) is 0 Å². The highest BCUT2D eigenvalue weighted by Gasteiger charge is 2.35. The predicted molar refractivity (Wildman–Crippen MR) is 176 cm³/mol. The molecule has 0 aromatic heterocycles. The number of thioether (sulfide) groups is 1. The molecule has 1 saturated heterocycles. The fourth-order valence-electron chi connectivity index (χ4n) is 4.38. The van der Waals surface area contributed by atoms with Gasteiger partial charge < -0.3 is 19.0 Å². The van der Waals surface area contributed by atoms with Crippen molar-refractivity contribution in [2.24, 2.45) is 0 Å². The maximum atomic E-state index is 13.1. The average Bonchev–Trinajstić information content (AvgIpc) is 3.25. The highest BCUT2D eigenvalue weighted by atomic mass is 127. The topological polar surface area (TPSA) is 128 Å². The number of carbonyl (C=O) groups excluding carboxylic acids is 3. The summed E-state index contributed by atoms with van der Waals surface area (Å²) >= 11 is 2.72. The summed E-state index contributed by atoms with van der Waals surface area (Å²) in [7, 11) is -2.89. The second-order valence-electron chi connectivity index (χ2n) is 9.44. The van der Waals surface area contributed by atoms with Gasteiger partial charge in [-0.05, 0) is 93.8 Å². The van der Waals surface area contributed by atoms with Gasteiger partial charge in [0.1, 0.15) is 17.3 Å². The molecule has 0 radical (unpaired) electrons. The molecule has 0 unspecified atom stereocenters. The fourth-order valence-corrected chi connectivity index (χ4v) is 7.09.